The van der Waals surface area contributed by atoms with E-state index in [2.05, 4.69) is 12.2 Å². The molecule has 0 saturated heterocycles. The first kappa shape index (κ1) is 11.0. The van der Waals surface area contributed by atoms with Crippen LogP contribution >= 0.6 is 0 Å². The van der Waals surface area contributed by atoms with E-state index in [0.29, 0.717) is 11.6 Å². The first-order valence-electron chi connectivity index (χ1n) is 5.75. The fourth-order valence-corrected chi connectivity index (χ4v) is 2.35. The van der Waals surface area contributed by atoms with Crippen LogP contribution < -0.4 is 5.32 Å². The standard InChI is InChI=1S/C13H17NO2/c1-9-6-7-10(8-9)14-12-5-3-2-4-11(12)13(15)16/h2-5,9-10,14H,6-8H2,1H3,(H,15,16). The van der Waals surface area contributed by atoms with Crippen molar-refractivity contribution in [2.75, 3.05) is 5.32 Å². The molecular formula is C13H17NO2. The fourth-order valence-electron chi connectivity index (χ4n) is 2.35. The first-order valence-corrected chi connectivity index (χ1v) is 5.75. The largest absolute Gasteiger partial charge is 0.478 e. The molecule has 1 aromatic carbocycles. The third-order valence-corrected chi connectivity index (χ3v) is 3.21. The van der Waals surface area contributed by atoms with E-state index >= 15 is 0 Å². The SMILES string of the molecule is CC1CCC(Nc2ccccc2C(=O)O)C1. The number of hydrogen-bond donors (Lipinski definition) is 2. The van der Waals surface area contributed by atoms with E-state index in [9.17, 15) is 4.79 Å². The van der Waals surface area contributed by atoms with Crippen LogP contribution in [-0.2, 0) is 0 Å². The highest BCUT2D eigenvalue weighted by atomic mass is 16.4. The zero-order valence-corrected chi connectivity index (χ0v) is 9.44. The number of carboxylic acid groups (broad SMARTS) is 1. The van der Waals surface area contributed by atoms with Crippen LogP contribution in [0, 0.1) is 5.92 Å². The maximum absolute atomic E-state index is 11.0. The average Bonchev–Trinajstić information content (AvgIpc) is 2.64. The van der Waals surface area contributed by atoms with Gasteiger partial charge in [-0.1, -0.05) is 19.1 Å². The van der Waals surface area contributed by atoms with E-state index in [4.69, 9.17) is 5.11 Å². The second-order valence-electron chi connectivity index (χ2n) is 4.61. The summed E-state index contributed by atoms with van der Waals surface area (Å²) in [4.78, 5) is 11.0. The topological polar surface area (TPSA) is 49.3 Å². The highest BCUT2D eigenvalue weighted by Gasteiger charge is 2.22. The van der Waals surface area contributed by atoms with E-state index in [1.54, 1.807) is 12.1 Å². The minimum atomic E-state index is -0.867. The lowest BCUT2D eigenvalue weighted by molar-refractivity contribution is 0.0698. The number of aromatic carboxylic acids is 1. The predicted molar refractivity (Wildman–Crippen MR) is 63.8 cm³/mol. The Morgan fingerprint density at radius 2 is 2.12 bits per heavy atom. The van der Waals surface area contributed by atoms with E-state index in [1.807, 2.05) is 12.1 Å². The lowest BCUT2D eigenvalue weighted by Gasteiger charge is -2.15. The van der Waals surface area contributed by atoms with Crippen molar-refractivity contribution in [3.05, 3.63) is 29.8 Å². The highest BCUT2D eigenvalue weighted by Crippen LogP contribution is 2.28. The van der Waals surface area contributed by atoms with Gasteiger partial charge in [-0.15, -0.1) is 0 Å². The van der Waals surface area contributed by atoms with Crippen molar-refractivity contribution < 1.29 is 9.90 Å². The van der Waals surface area contributed by atoms with E-state index in [0.717, 1.165) is 24.4 Å². The molecular weight excluding hydrogens is 202 g/mol. The van der Waals surface area contributed by atoms with Crippen molar-refractivity contribution in [2.45, 2.75) is 32.2 Å². The van der Waals surface area contributed by atoms with Crippen LogP contribution in [0.5, 0.6) is 0 Å². The van der Waals surface area contributed by atoms with E-state index in [-0.39, 0.29) is 0 Å². The van der Waals surface area contributed by atoms with Gasteiger partial charge in [-0.2, -0.15) is 0 Å². The minimum absolute atomic E-state index is 0.363. The summed E-state index contributed by atoms with van der Waals surface area (Å²) in [5.41, 5.74) is 1.11. The molecule has 0 radical (unpaired) electrons. The Balaban J connectivity index is 2.12. The Morgan fingerprint density at radius 3 is 2.75 bits per heavy atom. The summed E-state index contributed by atoms with van der Waals surface area (Å²) in [6, 6.07) is 7.53. The molecule has 3 nitrogen and oxygen atoms in total. The Hall–Kier alpha value is -1.51. The maximum Gasteiger partial charge on any atom is 0.337 e. The molecule has 1 aromatic rings. The molecule has 16 heavy (non-hydrogen) atoms. The molecule has 0 heterocycles. The van der Waals surface area contributed by atoms with E-state index < -0.39 is 5.97 Å². The van der Waals surface area contributed by atoms with Gasteiger partial charge in [-0.3, -0.25) is 0 Å². The zero-order valence-electron chi connectivity index (χ0n) is 9.44. The van der Waals surface area contributed by atoms with Crippen molar-refractivity contribution in [1.29, 1.82) is 0 Å². The molecule has 2 unspecified atom stereocenters. The molecule has 0 bridgehead atoms. The first-order chi connectivity index (χ1) is 7.66. The van der Waals surface area contributed by atoms with Crippen LogP contribution in [0.2, 0.25) is 0 Å². The van der Waals surface area contributed by atoms with Crippen LogP contribution in [0.1, 0.15) is 36.5 Å². The summed E-state index contributed by atoms with van der Waals surface area (Å²) in [5, 5.41) is 12.4. The zero-order chi connectivity index (χ0) is 11.5. The smallest absolute Gasteiger partial charge is 0.337 e. The lowest BCUT2D eigenvalue weighted by atomic mass is 10.1. The highest BCUT2D eigenvalue weighted by molar-refractivity contribution is 5.94. The molecule has 3 heteroatoms. The van der Waals surface area contributed by atoms with Gasteiger partial charge in [0.15, 0.2) is 0 Å². The molecule has 2 N–H and O–H groups in total. The number of anilines is 1. The summed E-state index contributed by atoms with van der Waals surface area (Å²) in [7, 11) is 0. The number of hydrogen-bond acceptors (Lipinski definition) is 2. The van der Waals surface area contributed by atoms with E-state index in [1.165, 1.54) is 6.42 Å². The lowest BCUT2D eigenvalue weighted by Crippen LogP contribution is -2.17. The van der Waals surface area contributed by atoms with Crippen molar-refractivity contribution >= 4 is 11.7 Å². The van der Waals surface area contributed by atoms with Crippen molar-refractivity contribution in [2.24, 2.45) is 5.92 Å². The summed E-state index contributed by atoms with van der Waals surface area (Å²) in [6.07, 6.45) is 3.50. The Kier molecular flexibility index (Phi) is 3.13. The Labute approximate surface area is 95.5 Å². The normalized spacial score (nSPS) is 24.3. The van der Waals surface area contributed by atoms with Crippen molar-refractivity contribution in [3.8, 4) is 0 Å². The van der Waals surface area contributed by atoms with Gasteiger partial charge in [-0.05, 0) is 37.3 Å². The second-order valence-corrected chi connectivity index (χ2v) is 4.61. The Bertz CT molecular complexity index is 389. The predicted octanol–water partition coefficient (Wildman–Crippen LogP) is 2.99. The maximum atomic E-state index is 11.0. The number of rotatable bonds is 3. The second kappa shape index (κ2) is 4.56. The third kappa shape index (κ3) is 2.35. The fraction of sp³-hybridized carbons (Fsp3) is 0.462. The monoisotopic (exact) mass is 219 g/mol. The quantitative estimate of drug-likeness (QED) is 0.821. The van der Waals surface area contributed by atoms with Gasteiger partial charge in [0.05, 0.1) is 5.56 Å². The molecule has 1 aliphatic rings. The van der Waals surface area contributed by atoms with Crippen LogP contribution in [-0.4, -0.2) is 17.1 Å². The van der Waals surface area contributed by atoms with Gasteiger partial charge in [0.1, 0.15) is 0 Å². The number of carbonyl (C=O) groups is 1. The van der Waals surface area contributed by atoms with Gasteiger partial charge in [0.2, 0.25) is 0 Å². The summed E-state index contributed by atoms with van der Waals surface area (Å²) in [6.45, 7) is 2.24. The molecule has 0 spiro atoms. The molecule has 2 atom stereocenters. The van der Waals surface area contributed by atoms with Gasteiger partial charge < -0.3 is 10.4 Å². The van der Waals surface area contributed by atoms with Crippen LogP contribution in [0.4, 0.5) is 5.69 Å². The van der Waals surface area contributed by atoms with Crippen molar-refractivity contribution in [1.82, 2.24) is 0 Å². The number of nitrogens with one attached hydrogen (secondary N) is 1. The molecule has 0 aliphatic heterocycles. The molecule has 1 fully saturated rings. The number of carboxylic acids is 1. The van der Waals surface area contributed by atoms with Crippen LogP contribution in [0.25, 0.3) is 0 Å². The van der Waals surface area contributed by atoms with Gasteiger partial charge in [-0.25, -0.2) is 4.79 Å². The molecule has 1 saturated carbocycles. The molecule has 2 rings (SSSR count). The number of benzene rings is 1. The van der Waals surface area contributed by atoms with Crippen LogP contribution in [0.15, 0.2) is 24.3 Å². The number of para-hydroxylation sites is 1. The summed E-state index contributed by atoms with van der Waals surface area (Å²) < 4.78 is 0. The Morgan fingerprint density at radius 1 is 1.38 bits per heavy atom. The van der Waals surface area contributed by atoms with Gasteiger partial charge in [0, 0.05) is 11.7 Å². The van der Waals surface area contributed by atoms with Crippen LogP contribution in [0.3, 0.4) is 0 Å². The molecule has 86 valence electrons. The minimum Gasteiger partial charge on any atom is -0.478 e. The third-order valence-electron chi connectivity index (χ3n) is 3.21. The molecule has 0 amide bonds. The summed E-state index contributed by atoms with van der Waals surface area (Å²) >= 11 is 0. The molecule has 1 aliphatic carbocycles. The average molecular weight is 219 g/mol. The van der Waals surface area contributed by atoms with Crippen molar-refractivity contribution in [3.63, 3.8) is 0 Å². The van der Waals surface area contributed by atoms with Gasteiger partial charge >= 0.3 is 5.97 Å². The molecule has 0 aromatic heterocycles. The van der Waals surface area contributed by atoms with Gasteiger partial charge in [0.25, 0.3) is 0 Å². The summed E-state index contributed by atoms with van der Waals surface area (Å²) in [5.74, 6) is -0.122.